The third-order valence-corrected chi connectivity index (χ3v) is 6.05. The number of rotatable bonds is 6. The second kappa shape index (κ2) is 10.0. The molecular formula is C25H17Cl4NO2. The number of benzene rings is 4. The van der Waals surface area contributed by atoms with Crippen LogP contribution in [0, 0.1) is 0 Å². The van der Waals surface area contributed by atoms with E-state index in [9.17, 15) is 4.79 Å². The molecule has 3 nitrogen and oxygen atoms in total. The number of anilines is 1. The van der Waals surface area contributed by atoms with Crippen LogP contribution in [0.3, 0.4) is 0 Å². The van der Waals surface area contributed by atoms with Crippen molar-refractivity contribution in [1.29, 1.82) is 0 Å². The van der Waals surface area contributed by atoms with E-state index in [1.54, 1.807) is 35.2 Å². The first-order chi connectivity index (χ1) is 15.4. The van der Waals surface area contributed by atoms with Crippen LogP contribution < -0.4 is 9.64 Å². The molecule has 0 aliphatic carbocycles. The third kappa shape index (κ3) is 5.31. The van der Waals surface area contributed by atoms with Crippen molar-refractivity contribution in [2.24, 2.45) is 0 Å². The summed E-state index contributed by atoms with van der Waals surface area (Å²) in [7, 11) is 0. The monoisotopic (exact) mass is 503 g/mol. The van der Waals surface area contributed by atoms with Gasteiger partial charge in [-0.25, -0.2) is 0 Å². The van der Waals surface area contributed by atoms with Gasteiger partial charge < -0.3 is 9.64 Å². The quantitative estimate of drug-likeness (QED) is 0.265. The Labute approximate surface area is 206 Å². The Bertz CT molecular complexity index is 1290. The average molecular weight is 505 g/mol. The van der Waals surface area contributed by atoms with E-state index in [2.05, 4.69) is 0 Å². The van der Waals surface area contributed by atoms with Gasteiger partial charge in [-0.3, -0.25) is 4.79 Å². The van der Waals surface area contributed by atoms with E-state index >= 15 is 0 Å². The van der Waals surface area contributed by atoms with Gasteiger partial charge in [0.05, 0.1) is 11.6 Å². The number of ether oxygens (including phenoxy) is 1. The number of nitrogens with zero attached hydrogens (tertiary/aromatic N) is 1. The number of carbonyl (C=O) groups is 1. The molecule has 162 valence electrons. The Hall–Kier alpha value is -2.43. The summed E-state index contributed by atoms with van der Waals surface area (Å²) in [5.41, 5.74) is 1.49. The van der Waals surface area contributed by atoms with E-state index < -0.39 is 0 Å². The molecule has 0 spiro atoms. The number of halogens is 4. The number of hydrogen-bond acceptors (Lipinski definition) is 2. The van der Waals surface area contributed by atoms with Crippen LogP contribution in [-0.2, 0) is 11.3 Å². The summed E-state index contributed by atoms with van der Waals surface area (Å²) in [5, 5.41) is 3.94. The molecule has 7 heteroatoms. The van der Waals surface area contributed by atoms with Gasteiger partial charge in [-0.1, -0.05) is 82.8 Å². The molecule has 0 heterocycles. The summed E-state index contributed by atoms with van der Waals surface area (Å²) in [6, 6.07) is 23.9. The van der Waals surface area contributed by atoms with E-state index in [1.807, 2.05) is 48.5 Å². The lowest BCUT2D eigenvalue weighted by Crippen LogP contribution is -2.34. The third-order valence-electron chi connectivity index (χ3n) is 4.93. The first-order valence-electron chi connectivity index (χ1n) is 9.71. The normalized spacial score (nSPS) is 10.9. The van der Waals surface area contributed by atoms with Crippen LogP contribution >= 0.6 is 46.4 Å². The number of carbonyl (C=O) groups excluding carboxylic acids is 1. The smallest absolute Gasteiger partial charge is 0.265 e. The Morgan fingerprint density at radius 2 is 1.44 bits per heavy atom. The number of fused-ring (bicyclic) bond motifs is 1. The highest BCUT2D eigenvalue weighted by Gasteiger charge is 2.19. The Morgan fingerprint density at radius 3 is 2.16 bits per heavy atom. The van der Waals surface area contributed by atoms with Crippen LogP contribution in [-0.4, -0.2) is 12.5 Å². The number of amides is 1. The Morgan fingerprint density at radius 1 is 0.750 bits per heavy atom. The van der Waals surface area contributed by atoms with Crippen molar-refractivity contribution >= 4 is 68.8 Å². The molecule has 0 N–H and O–H groups in total. The van der Waals surface area contributed by atoms with Gasteiger partial charge in [-0.15, -0.1) is 0 Å². The lowest BCUT2D eigenvalue weighted by atomic mass is 10.1. The fourth-order valence-corrected chi connectivity index (χ4v) is 4.23. The fourth-order valence-electron chi connectivity index (χ4n) is 3.30. The molecule has 0 unspecified atom stereocenters. The molecule has 0 saturated heterocycles. The van der Waals surface area contributed by atoms with Crippen molar-refractivity contribution in [3.05, 3.63) is 105 Å². The lowest BCUT2D eigenvalue weighted by Gasteiger charge is -2.24. The molecule has 0 fully saturated rings. The molecule has 0 saturated carbocycles. The second-order valence-electron chi connectivity index (χ2n) is 7.11. The SMILES string of the molecule is O=C(COc1ccc(Cl)cc1Cl)N(Cc1ccc(Cl)cc1Cl)c1ccc2ccccc2c1. The average Bonchev–Trinajstić information content (AvgIpc) is 2.77. The maximum atomic E-state index is 13.3. The minimum Gasteiger partial charge on any atom is -0.482 e. The van der Waals surface area contributed by atoms with E-state index in [0.717, 1.165) is 22.0 Å². The van der Waals surface area contributed by atoms with Crippen molar-refractivity contribution in [2.45, 2.75) is 6.54 Å². The van der Waals surface area contributed by atoms with E-state index in [4.69, 9.17) is 51.1 Å². The van der Waals surface area contributed by atoms with Crippen LogP contribution in [0.15, 0.2) is 78.9 Å². The molecular weight excluding hydrogens is 488 g/mol. The highest BCUT2D eigenvalue weighted by atomic mass is 35.5. The van der Waals surface area contributed by atoms with Crippen LogP contribution in [0.5, 0.6) is 5.75 Å². The fraction of sp³-hybridized carbons (Fsp3) is 0.0800. The molecule has 4 aromatic rings. The van der Waals surface area contributed by atoms with Crippen LogP contribution in [0.2, 0.25) is 20.1 Å². The van der Waals surface area contributed by atoms with Gasteiger partial charge >= 0.3 is 0 Å². The largest absolute Gasteiger partial charge is 0.482 e. The molecule has 4 rings (SSSR count). The molecule has 0 radical (unpaired) electrons. The van der Waals surface area contributed by atoms with Gasteiger partial charge in [0.25, 0.3) is 5.91 Å². The predicted octanol–water partition coefficient (Wildman–Crippen LogP) is 8.07. The summed E-state index contributed by atoms with van der Waals surface area (Å²) in [6.07, 6.45) is 0. The second-order valence-corrected chi connectivity index (χ2v) is 8.80. The molecule has 0 aliphatic heterocycles. The summed E-state index contributed by atoms with van der Waals surface area (Å²) < 4.78 is 5.69. The maximum absolute atomic E-state index is 13.3. The number of hydrogen-bond donors (Lipinski definition) is 0. The molecule has 0 aromatic heterocycles. The zero-order chi connectivity index (χ0) is 22.7. The lowest BCUT2D eigenvalue weighted by molar-refractivity contribution is -0.120. The van der Waals surface area contributed by atoms with Crippen LogP contribution in [0.25, 0.3) is 10.8 Å². The minimum atomic E-state index is -0.252. The van der Waals surface area contributed by atoms with E-state index in [1.165, 1.54) is 0 Å². The van der Waals surface area contributed by atoms with Crippen molar-refractivity contribution in [2.75, 3.05) is 11.5 Å². The highest BCUT2D eigenvalue weighted by Crippen LogP contribution is 2.29. The maximum Gasteiger partial charge on any atom is 0.265 e. The van der Waals surface area contributed by atoms with Gasteiger partial charge in [-0.2, -0.15) is 0 Å². The zero-order valence-electron chi connectivity index (χ0n) is 16.7. The molecule has 32 heavy (non-hydrogen) atoms. The summed E-state index contributed by atoms with van der Waals surface area (Å²) in [6.45, 7) is 0.0459. The van der Waals surface area contributed by atoms with Crippen molar-refractivity contribution < 1.29 is 9.53 Å². The van der Waals surface area contributed by atoms with Crippen LogP contribution in [0.4, 0.5) is 5.69 Å². The van der Waals surface area contributed by atoms with E-state index in [0.29, 0.717) is 25.8 Å². The van der Waals surface area contributed by atoms with Gasteiger partial charge in [0.15, 0.2) is 6.61 Å². The van der Waals surface area contributed by atoms with E-state index in [-0.39, 0.29) is 19.1 Å². The Balaban J connectivity index is 1.64. The minimum absolute atomic E-state index is 0.209. The Kier molecular flexibility index (Phi) is 7.12. The molecule has 0 atom stereocenters. The molecule has 1 amide bonds. The van der Waals surface area contributed by atoms with Gasteiger partial charge in [0.1, 0.15) is 5.75 Å². The van der Waals surface area contributed by atoms with Crippen molar-refractivity contribution in [3.8, 4) is 5.75 Å². The standard InChI is InChI=1S/C25H17Cl4NO2/c26-19-7-5-18(22(28)12-19)14-30(21-9-6-16-3-1-2-4-17(16)11-21)25(31)15-32-24-10-8-20(27)13-23(24)29/h1-13H,14-15H2. The van der Waals surface area contributed by atoms with Crippen LogP contribution in [0.1, 0.15) is 5.56 Å². The van der Waals surface area contributed by atoms with Crippen molar-refractivity contribution in [1.82, 2.24) is 0 Å². The van der Waals surface area contributed by atoms with Gasteiger partial charge in [0.2, 0.25) is 0 Å². The zero-order valence-corrected chi connectivity index (χ0v) is 19.7. The summed E-state index contributed by atoms with van der Waals surface area (Å²) in [4.78, 5) is 14.9. The topological polar surface area (TPSA) is 29.5 Å². The first kappa shape index (κ1) is 22.8. The summed E-state index contributed by atoms with van der Waals surface area (Å²) >= 11 is 24.5. The van der Waals surface area contributed by atoms with Gasteiger partial charge in [0, 0.05) is 20.8 Å². The van der Waals surface area contributed by atoms with Crippen molar-refractivity contribution in [3.63, 3.8) is 0 Å². The molecule has 0 bridgehead atoms. The molecule has 0 aliphatic rings. The summed E-state index contributed by atoms with van der Waals surface area (Å²) in [5.74, 6) is 0.129. The van der Waals surface area contributed by atoms with Gasteiger partial charge in [-0.05, 0) is 58.8 Å². The first-order valence-corrected chi connectivity index (χ1v) is 11.2. The highest BCUT2D eigenvalue weighted by molar-refractivity contribution is 6.35. The predicted molar refractivity (Wildman–Crippen MR) is 134 cm³/mol. The molecule has 4 aromatic carbocycles.